The van der Waals surface area contributed by atoms with Gasteiger partial charge in [-0.2, -0.15) is 0 Å². The van der Waals surface area contributed by atoms with Gasteiger partial charge in [-0.25, -0.2) is 13.1 Å². The Balaban J connectivity index is 0.00000324. The van der Waals surface area contributed by atoms with Gasteiger partial charge < -0.3 is 4.90 Å². The molecule has 0 radical (unpaired) electrons. The van der Waals surface area contributed by atoms with Crippen molar-refractivity contribution in [3.05, 3.63) is 35.9 Å². The Kier molecular flexibility index (Phi) is 9.01. The Morgan fingerprint density at radius 1 is 1.11 bits per heavy atom. The molecule has 0 aliphatic heterocycles. The average Bonchev–Trinajstić information content (AvgIpc) is 2.35. The topological polar surface area (TPSA) is 49.4 Å². The molecule has 1 N–H and O–H groups in total. The van der Waals surface area contributed by atoms with Crippen molar-refractivity contribution in [2.45, 2.75) is 19.6 Å². The highest BCUT2D eigenvalue weighted by atomic mass is 35.5. The van der Waals surface area contributed by atoms with E-state index in [4.69, 9.17) is 0 Å². The molecule has 1 aromatic carbocycles. The molecule has 0 aliphatic rings. The molecule has 0 fully saturated rings. The van der Waals surface area contributed by atoms with Crippen LogP contribution in [0.4, 0.5) is 0 Å². The Morgan fingerprint density at radius 2 is 1.68 bits per heavy atom. The van der Waals surface area contributed by atoms with Crippen molar-refractivity contribution in [2.75, 3.05) is 26.2 Å². The lowest BCUT2D eigenvalue weighted by molar-refractivity contribution is 0.309. The van der Waals surface area contributed by atoms with E-state index in [1.165, 1.54) is 0 Å². The minimum absolute atomic E-state index is 0. The summed E-state index contributed by atoms with van der Waals surface area (Å²) in [5, 5.41) is 0. The zero-order chi connectivity index (χ0) is 13.4. The molecule has 0 aliphatic carbocycles. The van der Waals surface area contributed by atoms with E-state index in [0.29, 0.717) is 6.54 Å². The quantitative estimate of drug-likeness (QED) is 0.797. The van der Waals surface area contributed by atoms with Crippen molar-refractivity contribution >= 4 is 22.4 Å². The van der Waals surface area contributed by atoms with Crippen molar-refractivity contribution in [1.82, 2.24) is 9.62 Å². The van der Waals surface area contributed by atoms with E-state index >= 15 is 0 Å². The maximum absolute atomic E-state index is 11.8. The van der Waals surface area contributed by atoms with Crippen molar-refractivity contribution in [3.63, 3.8) is 0 Å². The molecule has 0 amide bonds. The number of nitrogens with zero attached hydrogens (tertiary/aromatic N) is 1. The van der Waals surface area contributed by atoms with Crippen LogP contribution in [0.2, 0.25) is 0 Å². The molecule has 0 aromatic heterocycles. The Hall–Kier alpha value is -0.620. The summed E-state index contributed by atoms with van der Waals surface area (Å²) in [6, 6.07) is 9.22. The lowest BCUT2D eigenvalue weighted by Crippen LogP contribution is -2.35. The molecular weight excluding hydrogens is 284 g/mol. The van der Waals surface area contributed by atoms with E-state index in [9.17, 15) is 8.42 Å². The summed E-state index contributed by atoms with van der Waals surface area (Å²) in [4.78, 5) is 2.19. The zero-order valence-electron chi connectivity index (χ0n) is 11.5. The molecule has 0 spiro atoms. The first-order chi connectivity index (χ1) is 8.57. The van der Waals surface area contributed by atoms with Crippen molar-refractivity contribution in [1.29, 1.82) is 0 Å². The van der Waals surface area contributed by atoms with Crippen LogP contribution in [-0.4, -0.2) is 39.5 Å². The fourth-order valence-electron chi connectivity index (χ4n) is 1.74. The molecule has 0 saturated heterocycles. The molecule has 1 aromatic rings. The molecule has 6 heteroatoms. The van der Waals surface area contributed by atoms with Crippen molar-refractivity contribution in [2.24, 2.45) is 0 Å². The van der Waals surface area contributed by atoms with Gasteiger partial charge in [-0.3, -0.25) is 0 Å². The minimum atomic E-state index is -3.22. The second-order valence-electron chi connectivity index (χ2n) is 4.17. The smallest absolute Gasteiger partial charge is 0.215 e. The first kappa shape index (κ1) is 18.4. The van der Waals surface area contributed by atoms with Crippen LogP contribution in [0.1, 0.15) is 19.4 Å². The third kappa shape index (κ3) is 7.52. The molecular formula is C13H23ClN2O2S. The summed E-state index contributed by atoms with van der Waals surface area (Å²) in [7, 11) is -3.22. The Labute approximate surface area is 122 Å². The zero-order valence-corrected chi connectivity index (χ0v) is 13.1. The lowest BCUT2D eigenvalue weighted by atomic mass is 10.2. The minimum Gasteiger partial charge on any atom is -0.303 e. The van der Waals surface area contributed by atoms with Gasteiger partial charge >= 0.3 is 0 Å². The summed E-state index contributed by atoms with van der Waals surface area (Å²) in [6.45, 7) is 7.25. The SMILES string of the molecule is CCN(CC)CCNS(=O)(=O)Cc1ccccc1.Cl. The molecule has 1 rings (SSSR count). The van der Waals surface area contributed by atoms with Gasteiger partial charge in [0.25, 0.3) is 0 Å². The molecule has 0 bridgehead atoms. The molecule has 0 saturated carbocycles. The molecule has 19 heavy (non-hydrogen) atoms. The maximum Gasteiger partial charge on any atom is 0.215 e. The fourth-order valence-corrected chi connectivity index (χ4v) is 2.88. The fraction of sp³-hybridized carbons (Fsp3) is 0.538. The van der Waals surface area contributed by atoms with Crippen LogP contribution < -0.4 is 4.72 Å². The summed E-state index contributed by atoms with van der Waals surface area (Å²) >= 11 is 0. The van der Waals surface area contributed by atoms with Gasteiger partial charge in [-0.05, 0) is 18.7 Å². The van der Waals surface area contributed by atoms with E-state index in [-0.39, 0.29) is 18.2 Å². The van der Waals surface area contributed by atoms with Gasteiger partial charge in [0.15, 0.2) is 0 Å². The van der Waals surface area contributed by atoms with Gasteiger partial charge in [-0.15, -0.1) is 12.4 Å². The monoisotopic (exact) mass is 306 g/mol. The standard InChI is InChI=1S/C13H22N2O2S.ClH/c1-3-15(4-2)11-10-14-18(16,17)12-13-8-6-5-7-9-13;/h5-9,14H,3-4,10-12H2,1-2H3;1H. The van der Waals surface area contributed by atoms with Crippen LogP contribution in [0.3, 0.4) is 0 Å². The number of likely N-dealkylation sites (N-methyl/N-ethyl adjacent to an activating group) is 1. The van der Waals surface area contributed by atoms with Crippen molar-refractivity contribution < 1.29 is 8.42 Å². The highest BCUT2D eigenvalue weighted by Crippen LogP contribution is 2.03. The largest absolute Gasteiger partial charge is 0.303 e. The van der Waals surface area contributed by atoms with Crippen LogP contribution in [0.5, 0.6) is 0 Å². The molecule has 110 valence electrons. The number of benzene rings is 1. The highest BCUT2D eigenvalue weighted by molar-refractivity contribution is 7.88. The molecule has 0 unspecified atom stereocenters. The lowest BCUT2D eigenvalue weighted by Gasteiger charge is -2.17. The third-order valence-electron chi connectivity index (χ3n) is 2.84. The number of rotatable bonds is 8. The van der Waals surface area contributed by atoms with Crippen LogP contribution in [-0.2, 0) is 15.8 Å². The van der Waals surface area contributed by atoms with Gasteiger partial charge in [0.2, 0.25) is 10.0 Å². The predicted octanol–water partition coefficient (Wildman–Crippen LogP) is 1.87. The van der Waals surface area contributed by atoms with Crippen LogP contribution in [0.25, 0.3) is 0 Å². The van der Waals surface area contributed by atoms with E-state index in [1.54, 1.807) is 0 Å². The van der Waals surface area contributed by atoms with E-state index in [2.05, 4.69) is 23.5 Å². The summed E-state index contributed by atoms with van der Waals surface area (Å²) in [5.41, 5.74) is 0.813. The molecule has 0 atom stereocenters. The number of hydrogen-bond donors (Lipinski definition) is 1. The van der Waals surface area contributed by atoms with Gasteiger partial charge in [0, 0.05) is 13.1 Å². The first-order valence-electron chi connectivity index (χ1n) is 6.31. The summed E-state index contributed by atoms with van der Waals surface area (Å²) in [5.74, 6) is 0.0477. The van der Waals surface area contributed by atoms with E-state index in [0.717, 1.165) is 25.2 Å². The highest BCUT2D eigenvalue weighted by Gasteiger charge is 2.11. The number of nitrogens with one attached hydrogen (secondary N) is 1. The molecule has 0 heterocycles. The van der Waals surface area contributed by atoms with Gasteiger partial charge in [-0.1, -0.05) is 44.2 Å². The number of halogens is 1. The van der Waals surface area contributed by atoms with Crippen LogP contribution in [0.15, 0.2) is 30.3 Å². The van der Waals surface area contributed by atoms with Crippen LogP contribution in [0, 0.1) is 0 Å². The van der Waals surface area contributed by atoms with Crippen LogP contribution >= 0.6 is 12.4 Å². The summed E-state index contributed by atoms with van der Waals surface area (Å²) in [6.07, 6.45) is 0. The predicted molar refractivity (Wildman–Crippen MR) is 82.1 cm³/mol. The second-order valence-corrected chi connectivity index (χ2v) is 5.97. The van der Waals surface area contributed by atoms with Gasteiger partial charge in [0.05, 0.1) is 5.75 Å². The van der Waals surface area contributed by atoms with E-state index in [1.807, 2.05) is 30.3 Å². The Morgan fingerprint density at radius 3 is 2.21 bits per heavy atom. The van der Waals surface area contributed by atoms with E-state index < -0.39 is 10.0 Å². The first-order valence-corrected chi connectivity index (χ1v) is 7.96. The molecule has 4 nitrogen and oxygen atoms in total. The normalized spacial score (nSPS) is 11.3. The number of sulfonamides is 1. The maximum atomic E-state index is 11.8. The Bertz CT molecular complexity index is 433. The second kappa shape index (κ2) is 9.31. The third-order valence-corrected chi connectivity index (χ3v) is 4.20. The number of hydrogen-bond acceptors (Lipinski definition) is 3. The summed E-state index contributed by atoms with van der Waals surface area (Å²) < 4.78 is 26.3. The average molecular weight is 307 g/mol. The van der Waals surface area contributed by atoms with Crippen molar-refractivity contribution in [3.8, 4) is 0 Å². The van der Waals surface area contributed by atoms with Gasteiger partial charge in [0.1, 0.15) is 0 Å².